The van der Waals surface area contributed by atoms with Crippen LogP contribution in [0.5, 0.6) is 0 Å². The van der Waals surface area contributed by atoms with E-state index in [9.17, 15) is 4.79 Å². The normalized spacial score (nSPS) is 9.95. The first-order valence-corrected chi connectivity index (χ1v) is 7.76. The SMILES string of the molecule is CCCCCOC(=S)SCC(=O)Nc1ccccc1. The zero-order valence-electron chi connectivity index (χ0n) is 11.1. The Kier molecular flexibility index (Phi) is 8.25. The predicted molar refractivity (Wildman–Crippen MR) is 85.6 cm³/mol. The Morgan fingerprint density at radius 2 is 2.05 bits per heavy atom. The van der Waals surface area contributed by atoms with Gasteiger partial charge in [-0.15, -0.1) is 0 Å². The van der Waals surface area contributed by atoms with Crippen molar-refractivity contribution in [3.8, 4) is 0 Å². The number of ether oxygens (including phenoxy) is 1. The Balaban J connectivity index is 2.14. The molecule has 19 heavy (non-hydrogen) atoms. The zero-order valence-corrected chi connectivity index (χ0v) is 12.7. The van der Waals surface area contributed by atoms with Crippen molar-refractivity contribution in [1.29, 1.82) is 0 Å². The minimum atomic E-state index is -0.0734. The molecule has 1 aromatic rings. The number of rotatable bonds is 7. The number of unbranched alkanes of at least 4 members (excludes halogenated alkanes) is 2. The molecule has 0 atom stereocenters. The second kappa shape index (κ2) is 9.81. The van der Waals surface area contributed by atoms with Crippen molar-refractivity contribution in [3.05, 3.63) is 30.3 Å². The van der Waals surface area contributed by atoms with E-state index in [1.54, 1.807) is 0 Å². The molecule has 1 rings (SSSR count). The van der Waals surface area contributed by atoms with Crippen molar-refractivity contribution in [1.82, 2.24) is 0 Å². The van der Waals surface area contributed by atoms with Crippen LogP contribution in [0.15, 0.2) is 30.3 Å². The number of hydrogen-bond donors (Lipinski definition) is 1. The second-order valence-electron chi connectivity index (χ2n) is 4.01. The lowest BCUT2D eigenvalue weighted by atomic mass is 10.3. The van der Waals surface area contributed by atoms with Gasteiger partial charge in [-0.05, 0) is 30.8 Å². The molecule has 1 aromatic carbocycles. The number of nitrogens with one attached hydrogen (secondary N) is 1. The summed E-state index contributed by atoms with van der Waals surface area (Å²) in [6.45, 7) is 2.78. The number of para-hydroxylation sites is 1. The molecule has 0 unspecified atom stereocenters. The standard InChI is InChI=1S/C14H19NO2S2/c1-2-3-7-10-17-14(18)19-11-13(16)15-12-8-5-4-6-9-12/h4-6,8-9H,2-3,7,10-11H2,1H3,(H,15,16). The molecule has 0 aliphatic rings. The smallest absolute Gasteiger partial charge is 0.234 e. The van der Waals surface area contributed by atoms with Gasteiger partial charge in [0.15, 0.2) is 0 Å². The van der Waals surface area contributed by atoms with E-state index in [-0.39, 0.29) is 11.7 Å². The maximum absolute atomic E-state index is 11.6. The average Bonchev–Trinajstić information content (AvgIpc) is 2.42. The third-order valence-electron chi connectivity index (χ3n) is 2.35. The molecule has 1 amide bonds. The topological polar surface area (TPSA) is 38.3 Å². The van der Waals surface area contributed by atoms with Gasteiger partial charge in [-0.3, -0.25) is 4.79 Å². The summed E-state index contributed by atoms with van der Waals surface area (Å²) in [5.74, 6) is 0.206. The van der Waals surface area contributed by atoms with Gasteiger partial charge in [0, 0.05) is 5.69 Å². The summed E-state index contributed by atoms with van der Waals surface area (Å²) >= 11 is 6.31. The number of carbonyl (C=O) groups excluding carboxylic acids is 1. The first kappa shape index (κ1) is 16.0. The third kappa shape index (κ3) is 7.85. The average molecular weight is 297 g/mol. The minimum Gasteiger partial charge on any atom is -0.479 e. The molecule has 0 heterocycles. The monoisotopic (exact) mass is 297 g/mol. The molecule has 0 saturated heterocycles. The lowest BCUT2D eigenvalue weighted by Gasteiger charge is -2.07. The number of hydrogen-bond acceptors (Lipinski definition) is 4. The van der Waals surface area contributed by atoms with Crippen LogP contribution in [-0.4, -0.2) is 22.6 Å². The first-order chi connectivity index (χ1) is 9.22. The highest BCUT2D eigenvalue weighted by atomic mass is 32.2. The van der Waals surface area contributed by atoms with Crippen LogP contribution in [0.2, 0.25) is 0 Å². The van der Waals surface area contributed by atoms with Crippen molar-refractivity contribution in [2.45, 2.75) is 26.2 Å². The van der Waals surface area contributed by atoms with Crippen LogP contribution in [0.1, 0.15) is 26.2 Å². The molecular weight excluding hydrogens is 278 g/mol. The Hall–Kier alpha value is -1.07. The third-order valence-corrected chi connectivity index (χ3v) is 3.58. The van der Waals surface area contributed by atoms with Crippen molar-refractivity contribution in [3.63, 3.8) is 0 Å². The Bertz CT molecular complexity index is 396. The fourth-order valence-electron chi connectivity index (χ4n) is 1.39. The largest absolute Gasteiger partial charge is 0.479 e. The molecule has 0 radical (unpaired) electrons. The molecule has 0 aliphatic heterocycles. The summed E-state index contributed by atoms with van der Waals surface area (Å²) in [6.07, 6.45) is 3.30. The van der Waals surface area contributed by atoms with Gasteiger partial charge in [0.2, 0.25) is 10.3 Å². The zero-order chi connectivity index (χ0) is 13.9. The Morgan fingerprint density at radius 3 is 2.74 bits per heavy atom. The van der Waals surface area contributed by atoms with Gasteiger partial charge in [-0.25, -0.2) is 0 Å². The highest BCUT2D eigenvalue weighted by Gasteiger charge is 2.05. The molecule has 5 heteroatoms. The molecule has 0 fully saturated rings. The number of thiocarbonyl (C=S) groups is 1. The van der Waals surface area contributed by atoms with Crippen LogP contribution in [0.4, 0.5) is 5.69 Å². The summed E-state index contributed by atoms with van der Waals surface area (Å²) in [5.41, 5.74) is 0.794. The lowest BCUT2D eigenvalue weighted by Crippen LogP contribution is -2.15. The highest BCUT2D eigenvalue weighted by Crippen LogP contribution is 2.10. The van der Waals surface area contributed by atoms with E-state index in [2.05, 4.69) is 12.2 Å². The maximum Gasteiger partial charge on any atom is 0.234 e. The highest BCUT2D eigenvalue weighted by molar-refractivity contribution is 8.23. The van der Waals surface area contributed by atoms with Crippen LogP contribution in [0, 0.1) is 0 Å². The van der Waals surface area contributed by atoms with Gasteiger partial charge >= 0.3 is 0 Å². The van der Waals surface area contributed by atoms with Crippen molar-refractivity contribution in [2.24, 2.45) is 0 Å². The number of carbonyl (C=O) groups is 1. The summed E-state index contributed by atoms with van der Waals surface area (Å²) in [6, 6.07) is 9.36. The fourth-order valence-corrected chi connectivity index (χ4v) is 2.14. The first-order valence-electron chi connectivity index (χ1n) is 6.37. The van der Waals surface area contributed by atoms with E-state index in [0.717, 1.165) is 24.9 Å². The summed E-state index contributed by atoms with van der Waals surface area (Å²) in [4.78, 5) is 11.6. The molecule has 0 aromatic heterocycles. The van der Waals surface area contributed by atoms with Gasteiger partial charge in [-0.2, -0.15) is 0 Å². The Morgan fingerprint density at radius 1 is 1.32 bits per heavy atom. The summed E-state index contributed by atoms with van der Waals surface area (Å²) in [7, 11) is 0. The lowest BCUT2D eigenvalue weighted by molar-refractivity contribution is -0.113. The van der Waals surface area contributed by atoms with Crippen LogP contribution < -0.4 is 5.32 Å². The number of benzene rings is 1. The minimum absolute atomic E-state index is 0.0734. The van der Waals surface area contributed by atoms with Gasteiger partial charge in [0.1, 0.15) is 0 Å². The van der Waals surface area contributed by atoms with E-state index in [0.29, 0.717) is 11.0 Å². The van der Waals surface area contributed by atoms with Crippen molar-refractivity contribution >= 4 is 40.0 Å². The van der Waals surface area contributed by atoms with Gasteiger partial charge in [0.25, 0.3) is 0 Å². The van der Waals surface area contributed by atoms with E-state index in [1.807, 2.05) is 30.3 Å². The second-order valence-corrected chi connectivity index (χ2v) is 5.59. The number of anilines is 1. The predicted octanol–water partition coefficient (Wildman–Crippen LogP) is 3.85. The molecular formula is C14H19NO2S2. The Labute approximate surface area is 124 Å². The quantitative estimate of drug-likeness (QED) is 0.613. The number of thioether (sulfide) groups is 1. The van der Waals surface area contributed by atoms with Crippen LogP contribution >= 0.6 is 24.0 Å². The number of amides is 1. The van der Waals surface area contributed by atoms with Crippen LogP contribution in [0.3, 0.4) is 0 Å². The van der Waals surface area contributed by atoms with E-state index < -0.39 is 0 Å². The summed E-state index contributed by atoms with van der Waals surface area (Å²) in [5, 5.41) is 2.80. The van der Waals surface area contributed by atoms with Gasteiger partial charge in [-0.1, -0.05) is 49.7 Å². The van der Waals surface area contributed by atoms with Gasteiger partial charge < -0.3 is 10.1 Å². The fraction of sp³-hybridized carbons (Fsp3) is 0.429. The molecule has 3 nitrogen and oxygen atoms in total. The maximum atomic E-state index is 11.6. The van der Waals surface area contributed by atoms with E-state index in [4.69, 9.17) is 17.0 Å². The molecule has 0 aliphatic carbocycles. The molecule has 0 spiro atoms. The van der Waals surface area contributed by atoms with Crippen molar-refractivity contribution < 1.29 is 9.53 Å². The molecule has 1 N–H and O–H groups in total. The van der Waals surface area contributed by atoms with Gasteiger partial charge in [0.05, 0.1) is 12.4 Å². The van der Waals surface area contributed by atoms with Crippen LogP contribution in [0.25, 0.3) is 0 Å². The molecule has 0 saturated carbocycles. The summed E-state index contributed by atoms with van der Waals surface area (Å²) < 4.78 is 5.80. The molecule has 0 bridgehead atoms. The molecule has 104 valence electrons. The van der Waals surface area contributed by atoms with Crippen molar-refractivity contribution in [2.75, 3.05) is 17.7 Å². The van der Waals surface area contributed by atoms with Crippen LogP contribution in [-0.2, 0) is 9.53 Å². The van der Waals surface area contributed by atoms with E-state index >= 15 is 0 Å². The van der Waals surface area contributed by atoms with E-state index in [1.165, 1.54) is 11.8 Å².